The second-order valence-corrected chi connectivity index (χ2v) is 6.58. The van der Waals surface area contributed by atoms with Crippen molar-refractivity contribution < 1.29 is 14.1 Å². The average molecular weight is 317 g/mol. The summed E-state index contributed by atoms with van der Waals surface area (Å²) in [6.45, 7) is 8.09. The number of carbonyl (C=O) groups excluding carboxylic acids is 1. The molecule has 1 heterocycles. The highest BCUT2D eigenvalue weighted by Crippen LogP contribution is 2.39. The molecule has 0 atom stereocenters. The quantitative estimate of drug-likeness (QED) is 0.399. The lowest BCUT2D eigenvalue weighted by molar-refractivity contribution is 0.00578. The lowest BCUT2D eigenvalue weighted by Gasteiger charge is -2.32. The van der Waals surface area contributed by atoms with Gasteiger partial charge in [0.2, 0.25) is 6.08 Å². The molecule has 4 nitrogen and oxygen atoms in total. The molecule has 0 bridgehead atoms. The fourth-order valence-corrected chi connectivity index (χ4v) is 2.33. The Hall–Kier alpha value is -1.33. The van der Waals surface area contributed by atoms with Crippen LogP contribution in [0.2, 0.25) is 0 Å². The number of rotatable bonds is 4. The van der Waals surface area contributed by atoms with Crippen LogP contribution >= 0.6 is 12.6 Å². The van der Waals surface area contributed by atoms with Gasteiger partial charge in [-0.2, -0.15) is 17.6 Å². The summed E-state index contributed by atoms with van der Waals surface area (Å²) < 4.78 is 12.1. The van der Waals surface area contributed by atoms with E-state index in [0.29, 0.717) is 11.4 Å². The zero-order valence-electron chi connectivity index (χ0n) is 13.3. The first-order valence-electron chi connectivity index (χ1n) is 7.14. The largest absolute Gasteiger partial charge is 0.491 e. The minimum absolute atomic E-state index is 0.373. The van der Waals surface area contributed by atoms with Gasteiger partial charge in [0.1, 0.15) is 0 Å². The Kier molecular flexibility index (Phi) is 4.98. The van der Waals surface area contributed by atoms with E-state index in [9.17, 15) is 4.79 Å². The third kappa shape index (κ3) is 3.53. The van der Waals surface area contributed by atoms with E-state index in [1.807, 2.05) is 45.9 Å². The number of benzene rings is 1. The Morgan fingerprint density at radius 2 is 1.77 bits per heavy atom. The van der Waals surface area contributed by atoms with Gasteiger partial charge in [-0.3, -0.25) is 0 Å². The summed E-state index contributed by atoms with van der Waals surface area (Å²) in [5.41, 5.74) is 1.76. The minimum Gasteiger partial charge on any atom is -0.400 e. The van der Waals surface area contributed by atoms with Gasteiger partial charge < -0.3 is 9.31 Å². The van der Waals surface area contributed by atoms with Gasteiger partial charge in [-0.1, -0.05) is 18.2 Å². The predicted molar refractivity (Wildman–Crippen MR) is 92.1 cm³/mol. The number of thiol groups is 1. The first-order chi connectivity index (χ1) is 10.3. The van der Waals surface area contributed by atoms with Crippen molar-refractivity contribution in [1.82, 2.24) is 0 Å². The van der Waals surface area contributed by atoms with Crippen LogP contribution in [-0.4, -0.2) is 30.2 Å². The zero-order chi connectivity index (χ0) is 16.4. The zero-order valence-corrected chi connectivity index (χ0v) is 14.2. The third-order valence-electron chi connectivity index (χ3n) is 4.16. The lowest BCUT2D eigenvalue weighted by Crippen LogP contribution is -2.41. The molecular weight excluding hydrogens is 297 g/mol. The van der Waals surface area contributed by atoms with Crippen molar-refractivity contribution in [3.05, 3.63) is 35.3 Å². The highest BCUT2D eigenvalue weighted by Gasteiger charge is 2.52. The number of nitrogens with zero attached hydrogens (tertiary/aromatic N) is 1. The Morgan fingerprint density at radius 1 is 1.23 bits per heavy atom. The van der Waals surface area contributed by atoms with Gasteiger partial charge in [-0.25, -0.2) is 4.79 Å². The molecular formula is C16H20BNO3S. The molecule has 1 aromatic rings. The van der Waals surface area contributed by atoms with Crippen LogP contribution in [0.4, 0.5) is 5.69 Å². The monoisotopic (exact) mass is 317 g/mol. The molecule has 116 valence electrons. The van der Waals surface area contributed by atoms with E-state index in [-0.39, 0.29) is 11.2 Å². The molecule has 0 N–H and O–H groups in total. The van der Waals surface area contributed by atoms with Crippen LogP contribution in [0.3, 0.4) is 0 Å². The van der Waals surface area contributed by atoms with Crippen molar-refractivity contribution >= 4 is 37.6 Å². The van der Waals surface area contributed by atoms with Gasteiger partial charge in [0.05, 0.1) is 16.9 Å². The molecule has 1 saturated heterocycles. The summed E-state index contributed by atoms with van der Waals surface area (Å²) in [5.74, 6) is 0.533. The van der Waals surface area contributed by atoms with Crippen molar-refractivity contribution in [3.63, 3.8) is 0 Å². The molecule has 0 unspecified atom stereocenters. The van der Waals surface area contributed by atoms with Crippen LogP contribution in [0, 0.1) is 0 Å². The average Bonchev–Trinajstić information content (AvgIpc) is 2.67. The number of hydrogen-bond acceptors (Lipinski definition) is 5. The molecule has 6 heteroatoms. The molecule has 0 aliphatic carbocycles. The van der Waals surface area contributed by atoms with E-state index in [1.54, 1.807) is 12.1 Å². The fourth-order valence-electron chi connectivity index (χ4n) is 2.09. The second-order valence-electron chi connectivity index (χ2n) is 6.26. The van der Waals surface area contributed by atoms with Crippen LogP contribution < -0.4 is 0 Å². The summed E-state index contributed by atoms with van der Waals surface area (Å²) >= 11 is 4.39. The van der Waals surface area contributed by atoms with Gasteiger partial charge in [0, 0.05) is 5.75 Å². The third-order valence-corrected chi connectivity index (χ3v) is 4.52. The van der Waals surface area contributed by atoms with Gasteiger partial charge in [-0.05, 0) is 50.9 Å². The maximum atomic E-state index is 10.2. The summed E-state index contributed by atoms with van der Waals surface area (Å²) in [6.07, 6.45) is 3.52. The molecule has 1 aromatic carbocycles. The second kappa shape index (κ2) is 6.43. The molecule has 1 aliphatic rings. The summed E-state index contributed by atoms with van der Waals surface area (Å²) in [7, 11) is -0.407. The Morgan fingerprint density at radius 3 is 2.23 bits per heavy atom. The van der Waals surface area contributed by atoms with Crippen molar-refractivity contribution in [1.29, 1.82) is 0 Å². The number of aliphatic imine (C=N–C) groups is 1. The Bertz CT molecular complexity index is 603. The molecule has 0 amide bonds. The van der Waals surface area contributed by atoms with Gasteiger partial charge >= 0.3 is 7.12 Å². The molecule has 0 spiro atoms. The lowest BCUT2D eigenvalue weighted by atomic mass is 9.78. The van der Waals surface area contributed by atoms with Crippen molar-refractivity contribution in [3.8, 4) is 0 Å². The highest BCUT2D eigenvalue weighted by molar-refractivity contribution is 7.80. The van der Waals surface area contributed by atoms with E-state index in [4.69, 9.17) is 9.31 Å². The maximum absolute atomic E-state index is 10.2. The van der Waals surface area contributed by atoms with Crippen LogP contribution in [0.5, 0.6) is 0 Å². The molecule has 0 radical (unpaired) electrons. The summed E-state index contributed by atoms with van der Waals surface area (Å²) in [5, 5.41) is 0. The predicted octanol–water partition coefficient (Wildman–Crippen LogP) is 3.60. The van der Waals surface area contributed by atoms with Crippen LogP contribution in [-0.2, 0) is 14.1 Å². The molecule has 1 aliphatic heterocycles. The van der Waals surface area contributed by atoms with Gasteiger partial charge in [-0.15, -0.1) is 0 Å². The van der Waals surface area contributed by atoms with Crippen molar-refractivity contribution in [2.24, 2.45) is 4.99 Å². The molecule has 22 heavy (non-hydrogen) atoms. The normalized spacial score (nSPS) is 19.9. The first kappa shape index (κ1) is 17.0. The van der Waals surface area contributed by atoms with Crippen LogP contribution in [0.25, 0.3) is 6.08 Å². The number of hydrogen-bond donors (Lipinski definition) is 1. The van der Waals surface area contributed by atoms with E-state index in [2.05, 4.69) is 17.6 Å². The number of isocyanates is 1. The van der Waals surface area contributed by atoms with Crippen molar-refractivity contribution in [2.75, 3.05) is 5.75 Å². The highest BCUT2D eigenvalue weighted by atomic mass is 32.1. The summed E-state index contributed by atoms with van der Waals surface area (Å²) in [6, 6.07) is 7.28. The first-order valence-corrected chi connectivity index (χ1v) is 7.77. The van der Waals surface area contributed by atoms with E-state index >= 15 is 0 Å². The molecule has 0 aromatic heterocycles. The Labute approximate surface area is 137 Å². The Balaban J connectivity index is 2.23. The van der Waals surface area contributed by atoms with Crippen LogP contribution in [0.15, 0.2) is 34.7 Å². The molecule has 2 rings (SSSR count). The van der Waals surface area contributed by atoms with Crippen LogP contribution in [0.1, 0.15) is 33.3 Å². The van der Waals surface area contributed by atoms with Crippen molar-refractivity contribution in [2.45, 2.75) is 38.9 Å². The molecule has 0 saturated carbocycles. The smallest absolute Gasteiger partial charge is 0.400 e. The maximum Gasteiger partial charge on any atom is 0.491 e. The standard InChI is InChI=1S/C16H20BNO3S/c1-15(2)16(3,4)21-17(20-15)13(10-22)9-12-5-7-14(8-6-12)18-11-19/h5-9,22H,10H2,1-4H3. The van der Waals surface area contributed by atoms with E-state index in [0.717, 1.165) is 11.0 Å². The van der Waals surface area contributed by atoms with E-state index in [1.165, 1.54) is 6.08 Å². The van der Waals surface area contributed by atoms with E-state index < -0.39 is 7.12 Å². The minimum atomic E-state index is -0.407. The molecule has 1 fully saturated rings. The SMILES string of the molecule is CC1(C)OB(C(=Cc2ccc(N=C=O)cc2)CS)OC1(C)C. The topological polar surface area (TPSA) is 47.9 Å². The van der Waals surface area contributed by atoms with Gasteiger partial charge in [0.15, 0.2) is 0 Å². The fraction of sp³-hybridized carbons (Fsp3) is 0.438. The summed E-state index contributed by atoms with van der Waals surface area (Å²) in [4.78, 5) is 13.8. The van der Waals surface area contributed by atoms with Gasteiger partial charge in [0.25, 0.3) is 0 Å².